The van der Waals surface area contributed by atoms with Crippen LogP contribution in [-0.4, -0.2) is 41.4 Å². The minimum atomic E-state index is -1.22. The summed E-state index contributed by atoms with van der Waals surface area (Å²) in [5.41, 5.74) is -0.594. The third kappa shape index (κ3) is 4.82. The summed E-state index contributed by atoms with van der Waals surface area (Å²) >= 11 is 0. The van der Waals surface area contributed by atoms with E-state index in [0.717, 1.165) is 45.1 Å². The summed E-state index contributed by atoms with van der Waals surface area (Å²) in [6, 6.07) is 0. The van der Waals surface area contributed by atoms with Crippen LogP contribution in [0, 0.1) is 11.8 Å². The van der Waals surface area contributed by atoms with Gasteiger partial charge >= 0.3 is 0 Å². The highest BCUT2D eigenvalue weighted by molar-refractivity contribution is 5.34. The number of hydrogen-bond donors (Lipinski definition) is 2. The van der Waals surface area contributed by atoms with Crippen molar-refractivity contribution in [3.8, 4) is 11.8 Å². The lowest BCUT2D eigenvalue weighted by Crippen LogP contribution is -2.34. The van der Waals surface area contributed by atoms with Crippen LogP contribution in [0.25, 0.3) is 0 Å². The van der Waals surface area contributed by atoms with Crippen LogP contribution >= 0.6 is 0 Å². The summed E-state index contributed by atoms with van der Waals surface area (Å²) in [7, 11) is 0. The first kappa shape index (κ1) is 16.5. The summed E-state index contributed by atoms with van der Waals surface area (Å²) in [5.74, 6) is 5.81. The van der Waals surface area contributed by atoms with Gasteiger partial charge in [0.2, 0.25) is 0 Å². The maximum Gasteiger partial charge on any atom is 0.158 e. The smallest absolute Gasteiger partial charge is 0.158 e. The van der Waals surface area contributed by atoms with Gasteiger partial charge in [-0.1, -0.05) is 17.9 Å². The molecule has 3 atom stereocenters. The Balaban J connectivity index is 1.93. The molecule has 2 aliphatic rings. The zero-order valence-electron chi connectivity index (χ0n) is 12.8. The van der Waals surface area contributed by atoms with Gasteiger partial charge in [0.15, 0.2) is 6.29 Å². The predicted molar refractivity (Wildman–Crippen MR) is 80.5 cm³/mol. The van der Waals surface area contributed by atoms with E-state index in [1.807, 2.05) is 6.08 Å². The van der Waals surface area contributed by atoms with Crippen LogP contribution in [0.15, 0.2) is 11.6 Å². The molecule has 0 aromatic heterocycles. The maximum atomic E-state index is 10.7. The number of hydrogen-bond acceptors (Lipinski definition) is 4. The summed E-state index contributed by atoms with van der Waals surface area (Å²) < 4.78 is 11.0. The van der Waals surface area contributed by atoms with Gasteiger partial charge in [-0.05, 0) is 57.4 Å². The first-order valence-electron chi connectivity index (χ1n) is 7.96. The van der Waals surface area contributed by atoms with Gasteiger partial charge in [-0.2, -0.15) is 0 Å². The van der Waals surface area contributed by atoms with Crippen LogP contribution in [0.5, 0.6) is 0 Å². The molecule has 0 amide bonds. The van der Waals surface area contributed by atoms with Crippen molar-refractivity contribution in [1.82, 2.24) is 0 Å². The molecule has 1 saturated heterocycles. The van der Waals surface area contributed by atoms with Crippen molar-refractivity contribution in [3.05, 3.63) is 11.6 Å². The third-order valence-corrected chi connectivity index (χ3v) is 4.06. The van der Waals surface area contributed by atoms with Crippen LogP contribution in [0.4, 0.5) is 0 Å². The average molecular weight is 294 g/mol. The highest BCUT2D eigenvalue weighted by Gasteiger charge is 2.32. The van der Waals surface area contributed by atoms with Gasteiger partial charge in [0, 0.05) is 6.61 Å². The maximum absolute atomic E-state index is 10.7. The van der Waals surface area contributed by atoms with Crippen molar-refractivity contribution >= 4 is 0 Å². The standard InChI is InChI=1S/C17H26O4/c1-14(18)15-8-3-2-5-10-17(15,19)11-7-13-21-16-9-4-6-12-20-16/h8,14,16,18-19H,2-6,9-10,12-13H2,1H3. The van der Waals surface area contributed by atoms with Gasteiger partial charge in [0.25, 0.3) is 0 Å². The Bertz CT molecular complexity index is 412. The second kappa shape index (κ2) is 7.95. The molecule has 0 bridgehead atoms. The molecule has 4 heteroatoms. The number of ether oxygens (including phenoxy) is 2. The Kier molecular flexibility index (Phi) is 6.25. The van der Waals surface area contributed by atoms with E-state index < -0.39 is 11.7 Å². The molecule has 0 aromatic rings. The largest absolute Gasteiger partial charge is 0.389 e. The third-order valence-electron chi connectivity index (χ3n) is 4.06. The zero-order valence-corrected chi connectivity index (χ0v) is 12.8. The number of allylic oxidation sites excluding steroid dienone is 1. The van der Waals surface area contributed by atoms with Gasteiger partial charge in [0.05, 0.1) is 6.10 Å². The van der Waals surface area contributed by atoms with E-state index in [9.17, 15) is 10.2 Å². The summed E-state index contributed by atoms with van der Waals surface area (Å²) in [6.45, 7) is 2.67. The van der Waals surface area contributed by atoms with E-state index in [2.05, 4.69) is 11.8 Å². The molecule has 0 radical (unpaired) electrons. The highest BCUT2D eigenvalue weighted by atomic mass is 16.7. The van der Waals surface area contributed by atoms with E-state index in [4.69, 9.17) is 9.47 Å². The Morgan fingerprint density at radius 1 is 1.43 bits per heavy atom. The van der Waals surface area contributed by atoms with Crippen LogP contribution in [-0.2, 0) is 9.47 Å². The molecule has 2 rings (SSSR count). The predicted octanol–water partition coefficient (Wildman–Crippen LogP) is 2.15. The first-order chi connectivity index (χ1) is 10.1. The van der Waals surface area contributed by atoms with E-state index in [1.165, 1.54) is 0 Å². The lowest BCUT2D eigenvalue weighted by molar-refractivity contribution is -0.154. The van der Waals surface area contributed by atoms with Crippen molar-refractivity contribution in [2.45, 2.75) is 69.9 Å². The van der Waals surface area contributed by atoms with Crippen molar-refractivity contribution in [2.75, 3.05) is 13.2 Å². The Morgan fingerprint density at radius 2 is 2.29 bits per heavy atom. The van der Waals surface area contributed by atoms with Crippen LogP contribution in [0.1, 0.15) is 51.9 Å². The zero-order chi connectivity index (χ0) is 15.1. The fourth-order valence-electron chi connectivity index (χ4n) is 2.91. The van der Waals surface area contributed by atoms with Gasteiger partial charge in [0.1, 0.15) is 12.2 Å². The van der Waals surface area contributed by atoms with E-state index in [1.54, 1.807) is 6.92 Å². The fraction of sp³-hybridized carbons (Fsp3) is 0.765. The van der Waals surface area contributed by atoms with Gasteiger partial charge in [-0.3, -0.25) is 0 Å². The number of aliphatic hydroxyl groups excluding tert-OH is 1. The molecular weight excluding hydrogens is 268 g/mol. The van der Waals surface area contributed by atoms with E-state index in [0.29, 0.717) is 12.0 Å². The van der Waals surface area contributed by atoms with Gasteiger partial charge in [-0.25, -0.2) is 0 Å². The second-order valence-corrected chi connectivity index (χ2v) is 5.85. The lowest BCUT2D eigenvalue weighted by Gasteiger charge is -2.26. The van der Waals surface area contributed by atoms with E-state index >= 15 is 0 Å². The van der Waals surface area contributed by atoms with Crippen molar-refractivity contribution in [1.29, 1.82) is 0 Å². The monoisotopic (exact) mass is 294 g/mol. The van der Waals surface area contributed by atoms with Crippen molar-refractivity contribution < 1.29 is 19.7 Å². The number of rotatable bonds is 3. The van der Waals surface area contributed by atoms with Crippen LogP contribution < -0.4 is 0 Å². The molecule has 4 nitrogen and oxygen atoms in total. The SMILES string of the molecule is CC(O)C1=CCCCCC1(O)C#CCOC1CCCCO1. The van der Waals surface area contributed by atoms with Crippen LogP contribution in [0.2, 0.25) is 0 Å². The van der Waals surface area contributed by atoms with Gasteiger partial charge in [-0.15, -0.1) is 0 Å². The number of aliphatic hydroxyl groups is 2. The summed E-state index contributed by atoms with van der Waals surface area (Å²) in [5, 5.41) is 20.6. The molecule has 2 N–H and O–H groups in total. The molecule has 3 unspecified atom stereocenters. The molecule has 1 aliphatic carbocycles. The minimum Gasteiger partial charge on any atom is -0.389 e. The average Bonchev–Trinajstić information content (AvgIpc) is 2.67. The molecule has 0 saturated carbocycles. The van der Waals surface area contributed by atoms with Crippen molar-refractivity contribution in [3.63, 3.8) is 0 Å². The molecule has 118 valence electrons. The van der Waals surface area contributed by atoms with E-state index in [-0.39, 0.29) is 12.9 Å². The van der Waals surface area contributed by atoms with Crippen molar-refractivity contribution in [2.24, 2.45) is 0 Å². The lowest BCUT2D eigenvalue weighted by atomic mass is 9.87. The fourth-order valence-corrected chi connectivity index (χ4v) is 2.91. The normalized spacial score (nSPS) is 31.6. The Morgan fingerprint density at radius 3 is 3.00 bits per heavy atom. The highest BCUT2D eigenvalue weighted by Crippen LogP contribution is 2.30. The minimum absolute atomic E-state index is 0.163. The summed E-state index contributed by atoms with van der Waals surface area (Å²) in [4.78, 5) is 0. The Hall–Kier alpha value is -0.860. The molecule has 0 aromatic carbocycles. The summed E-state index contributed by atoms with van der Waals surface area (Å²) in [6.07, 6.45) is 7.59. The molecule has 1 fully saturated rings. The Labute approximate surface area is 127 Å². The molecule has 1 aliphatic heterocycles. The van der Waals surface area contributed by atoms with Gasteiger partial charge < -0.3 is 19.7 Å². The topological polar surface area (TPSA) is 58.9 Å². The first-order valence-corrected chi connectivity index (χ1v) is 7.96. The molecular formula is C17H26O4. The van der Waals surface area contributed by atoms with Crippen LogP contribution in [0.3, 0.4) is 0 Å². The quantitative estimate of drug-likeness (QED) is 0.618. The molecule has 1 heterocycles. The second-order valence-electron chi connectivity index (χ2n) is 5.85. The molecule has 0 spiro atoms. The molecule has 21 heavy (non-hydrogen) atoms.